The molecule has 0 N–H and O–H groups in total. The SMILES string of the molecule is Cc1ccc2sc(N(Cc3ccco3)C(=O)c3ccc(S(=O)(=O)N(C)C)cc3)nc2c1C. The van der Waals surface area contributed by atoms with Crippen LogP contribution in [0.5, 0.6) is 0 Å². The number of sulfonamides is 1. The van der Waals surface area contributed by atoms with Gasteiger partial charge in [-0.2, -0.15) is 0 Å². The van der Waals surface area contributed by atoms with Crippen LogP contribution in [0.4, 0.5) is 5.13 Å². The highest BCUT2D eigenvalue weighted by Crippen LogP contribution is 2.33. The molecule has 4 aromatic rings. The fourth-order valence-electron chi connectivity index (χ4n) is 3.25. The second-order valence-electron chi connectivity index (χ2n) is 7.63. The molecule has 0 spiro atoms. The van der Waals surface area contributed by atoms with Crippen LogP contribution < -0.4 is 4.90 Å². The minimum atomic E-state index is -3.58. The molecule has 4 rings (SSSR count). The van der Waals surface area contributed by atoms with Crippen molar-refractivity contribution < 1.29 is 17.6 Å². The molecule has 0 radical (unpaired) electrons. The predicted molar refractivity (Wildman–Crippen MR) is 126 cm³/mol. The van der Waals surface area contributed by atoms with E-state index in [0.29, 0.717) is 16.5 Å². The molecule has 0 atom stereocenters. The number of carbonyl (C=O) groups excluding carboxylic acids is 1. The molecule has 0 saturated carbocycles. The number of nitrogens with zero attached hydrogens (tertiary/aromatic N) is 3. The minimum Gasteiger partial charge on any atom is -0.467 e. The van der Waals surface area contributed by atoms with Crippen molar-refractivity contribution in [2.75, 3.05) is 19.0 Å². The minimum absolute atomic E-state index is 0.128. The van der Waals surface area contributed by atoms with E-state index >= 15 is 0 Å². The van der Waals surface area contributed by atoms with Gasteiger partial charge in [0.2, 0.25) is 10.0 Å². The van der Waals surface area contributed by atoms with Crippen molar-refractivity contribution >= 4 is 42.6 Å². The monoisotopic (exact) mass is 469 g/mol. The predicted octanol–water partition coefficient (Wildman–Crippen LogP) is 4.60. The lowest BCUT2D eigenvalue weighted by atomic mass is 10.1. The van der Waals surface area contributed by atoms with Crippen molar-refractivity contribution in [3.8, 4) is 0 Å². The van der Waals surface area contributed by atoms with Crippen molar-refractivity contribution in [1.82, 2.24) is 9.29 Å². The third kappa shape index (κ3) is 4.06. The Balaban J connectivity index is 1.74. The summed E-state index contributed by atoms with van der Waals surface area (Å²) < 4.78 is 32.3. The average Bonchev–Trinajstić information content (AvgIpc) is 3.44. The molecule has 0 aliphatic heterocycles. The number of fused-ring (bicyclic) bond motifs is 1. The van der Waals surface area contributed by atoms with E-state index in [1.807, 2.05) is 26.0 Å². The number of carbonyl (C=O) groups is 1. The van der Waals surface area contributed by atoms with Crippen molar-refractivity contribution in [3.05, 3.63) is 77.2 Å². The van der Waals surface area contributed by atoms with E-state index in [-0.39, 0.29) is 17.3 Å². The van der Waals surface area contributed by atoms with E-state index < -0.39 is 10.0 Å². The second-order valence-corrected chi connectivity index (χ2v) is 10.8. The highest BCUT2D eigenvalue weighted by molar-refractivity contribution is 7.89. The quantitative estimate of drug-likeness (QED) is 0.412. The molecule has 0 fully saturated rings. The standard InChI is InChI=1S/C23H23N3O4S2/c1-15-7-12-20-21(16(15)2)24-23(31-20)26(14-18-6-5-13-30-18)22(27)17-8-10-19(11-9-17)32(28,29)25(3)4/h5-13H,14H2,1-4H3. The van der Waals surface area contributed by atoms with Crippen LogP contribution in [-0.2, 0) is 16.6 Å². The number of thiazole rings is 1. The summed E-state index contributed by atoms with van der Waals surface area (Å²) in [6, 6.07) is 13.6. The van der Waals surface area contributed by atoms with E-state index in [0.717, 1.165) is 25.6 Å². The van der Waals surface area contributed by atoms with Crippen LogP contribution in [0.15, 0.2) is 64.1 Å². The Morgan fingerprint density at radius 1 is 1.06 bits per heavy atom. The number of anilines is 1. The molecule has 2 aromatic carbocycles. The highest BCUT2D eigenvalue weighted by Gasteiger charge is 2.24. The van der Waals surface area contributed by atoms with Gasteiger partial charge in [-0.1, -0.05) is 17.4 Å². The van der Waals surface area contributed by atoms with E-state index in [1.165, 1.54) is 49.7 Å². The maximum Gasteiger partial charge on any atom is 0.260 e. The smallest absolute Gasteiger partial charge is 0.260 e. The number of rotatable bonds is 6. The van der Waals surface area contributed by atoms with Gasteiger partial charge in [-0.15, -0.1) is 0 Å². The summed E-state index contributed by atoms with van der Waals surface area (Å²) in [5.41, 5.74) is 3.45. The van der Waals surface area contributed by atoms with E-state index in [2.05, 4.69) is 0 Å². The molecule has 0 bridgehead atoms. The van der Waals surface area contributed by atoms with Gasteiger partial charge in [-0.05, 0) is 67.4 Å². The zero-order valence-corrected chi connectivity index (χ0v) is 19.8. The summed E-state index contributed by atoms with van der Waals surface area (Å²) in [5, 5.41) is 0.556. The van der Waals surface area contributed by atoms with Crippen LogP contribution in [0, 0.1) is 13.8 Å². The summed E-state index contributed by atoms with van der Waals surface area (Å²) in [6.45, 7) is 4.26. The maximum absolute atomic E-state index is 13.5. The van der Waals surface area contributed by atoms with Crippen LogP contribution in [0.25, 0.3) is 10.2 Å². The number of amides is 1. The van der Waals surface area contributed by atoms with Crippen LogP contribution in [0.1, 0.15) is 27.2 Å². The van der Waals surface area contributed by atoms with E-state index in [4.69, 9.17) is 9.40 Å². The van der Waals surface area contributed by atoms with E-state index in [1.54, 1.807) is 23.3 Å². The summed E-state index contributed by atoms with van der Waals surface area (Å²) in [5.74, 6) is 0.334. The Kier molecular flexibility index (Phi) is 5.89. The molecule has 9 heteroatoms. The average molecular weight is 470 g/mol. The number of hydrogen-bond acceptors (Lipinski definition) is 6. The van der Waals surface area contributed by atoms with Crippen LogP contribution >= 0.6 is 11.3 Å². The molecule has 2 heterocycles. The van der Waals surface area contributed by atoms with Crippen molar-refractivity contribution in [1.29, 1.82) is 0 Å². The summed E-state index contributed by atoms with van der Waals surface area (Å²) >= 11 is 1.43. The lowest BCUT2D eigenvalue weighted by molar-refractivity contribution is 0.0983. The normalized spacial score (nSPS) is 11.9. The molecule has 32 heavy (non-hydrogen) atoms. The van der Waals surface area contributed by atoms with Gasteiger partial charge in [0.15, 0.2) is 5.13 Å². The van der Waals surface area contributed by atoms with Gasteiger partial charge in [0.25, 0.3) is 5.91 Å². The van der Waals surface area contributed by atoms with Crippen molar-refractivity contribution in [2.24, 2.45) is 0 Å². The lowest BCUT2D eigenvalue weighted by Crippen LogP contribution is -2.30. The largest absolute Gasteiger partial charge is 0.467 e. The zero-order chi connectivity index (χ0) is 23.0. The molecule has 7 nitrogen and oxygen atoms in total. The number of benzene rings is 2. The van der Waals surface area contributed by atoms with E-state index in [9.17, 15) is 13.2 Å². The van der Waals surface area contributed by atoms with Gasteiger partial charge >= 0.3 is 0 Å². The Labute approximate surface area is 191 Å². The first-order valence-corrected chi connectivity index (χ1v) is 12.2. The molecule has 166 valence electrons. The fourth-order valence-corrected chi connectivity index (χ4v) is 5.18. The van der Waals surface area contributed by atoms with Crippen LogP contribution in [0.2, 0.25) is 0 Å². The maximum atomic E-state index is 13.5. The van der Waals surface area contributed by atoms with Gasteiger partial charge in [-0.3, -0.25) is 9.69 Å². The summed E-state index contributed by atoms with van der Waals surface area (Å²) in [4.78, 5) is 19.9. The zero-order valence-electron chi connectivity index (χ0n) is 18.2. The van der Waals surface area contributed by atoms with Crippen LogP contribution in [0.3, 0.4) is 0 Å². The number of aromatic nitrogens is 1. The van der Waals surface area contributed by atoms with Crippen LogP contribution in [-0.4, -0.2) is 37.7 Å². The molecular formula is C23H23N3O4S2. The first-order chi connectivity index (χ1) is 15.2. The van der Waals surface area contributed by atoms with Gasteiger partial charge in [-0.25, -0.2) is 17.7 Å². The van der Waals surface area contributed by atoms with Crippen molar-refractivity contribution in [3.63, 3.8) is 0 Å². The molecule has 0 aliphatic carbocycles. The summed E-state index contributed by atoms with van der Waals surface area (Å²) in [7, 11) is -0.639. The van der Waals surface area contributed by atoms with Gasteiger partial charge in [0, 0.05) is 19.7 Å². The third-order valence-electron chi connectivity index (χ3n) is 5.32. The Bertz CT molecular complexity index is 1370. The summed E-state index contributed by atoms with van der Waals surface area (Å²) in [6.07, 6.45) is 1.56. The first-order valence-electron chi connectivity index (χ1n) is 9.92. The number of hydrogen-bond donors (Lipinski definition) is 0. The number of aryl methyl sites for hydroxylation is 2. The fraction of sp³-hybridized carbons (Fsp3) is 0.217. The molecule has 0 unspecified atom stereocenters. The molecule has 1 amide bonds. The Morgan fingerprint density at radius 3 is 2.41 bits per heavy atom. The molecule has 0 saturated heterocycles. The Morgan fingerprint density at radius 2 is 1.78 bits per heavy atom. The van der Waals surface area contributed by atoms with Gasteiger partial charge < -0.3 is 4.42 Å². The van der Waals surface area contributed by atoms with Crippen molar-refractivity contribution in [2.45, 2.75) is 25.3 Å². The molecule has 2 aromatic heterocycles. The second kappa shape index (κ2) is 8.50. The topological polar surface area (TPSA) is 83.7 Å². The highest BCUT2D eigenvalue weighted by atomic mass is 32.2. The van der Waals surface area contributed by atoms with Gasteiger partial charge in [0.05, 0.1) is 27.9 Å². The molecule has 0 aliphatic rings. The Hall–Kier alpha value is -3.01. The third-order valence-corrected chi connectivity index (χ3v) is 8.20. The first kappa shape index (κ1) is 22.2. The molecular weight excluding hydrogens is 446 g/mol. The lowest BCUT2D eigenvalue weighted by Gasteiger charge is -2.19. The number of furan rings is 1. The van der Waals surface area contributed by atoms with Gasteiger partial charge in [0.1, 0.15) is 5.76 Å².